The summed E-state index contributed by atoms with van der Waals surface area (Å²) in [5.41, 5.74) is 1.000. The van der Waals surface area contributed by atoms with Gasteiger partial charge in [-0.15, -0.1) is 0 Å². The van der Waals surface area contributed by atoms with Crippen LogP contribution in [0.1, 0.15) is 30.7 Å². The quantitative estimate of drug-likeness (QED) is 0.915. The molecule has 1 atom stereocenters. The van der Waals surface area contributed by atoms with Crippen molar-refractivity contribution < 1.29 is 14.3 Å². The molecule has 0 radical (unpaired) electrons. The molecule has 2 fully saturated rings. The van der Waals surface area contributed by atoms with Gasteiger partial charge in [-0.05, 0) is 18.4 Å². The van der Waals surface area contributed by atoms with Crippen LogP contribution in [-0.2, 0) is 14.3 Å². The second kappa shape index (κ2) is 6.08. The van der Waals surface area contributed by atoms with Crippen LogP contribution in [0, 0.1) is 0 Å². The van der Waals surface area contributed by atoms with E-state index in [1.807, 2.05) is 23.1 Å². The maximum Gasteiger partial charge on any atom is 0.248 e. The molecule has 22 heavy (non-hydrogen) atoms. The van der Waals surface area contributed by atoms with Crippen LogP contribution in [0.5, 0.6) is 0 Å². The number of methoxy groups -OCH3 is 1. The number of nitrogens with one attached hydrogen (secondary N) is 1. The molecule has 0 aromatic heterocycles. The Morgan fingerprint density at radius 3 is 2.64 bits per heavy atom. The number of nitrogens with zero attached hydrogens (tertiary/aromatic N) is 1. The SMILES string of the molecule is COCC(=O)N1CCC2(CC1)NC(=O)CC2c1ccccc1. The van der Waals surface area contributed by atoms with Crippen molar-refractivity contribution in [3.05, 3.63) is 35.9 Å². The molecule has 1 spiro atoms. The monoisotopic (exact) mass is 302 g/mol. The maximum absolute atomic E-state index is 12.0. The summed E-state index contributed by atoms with van der Waals surface area (Å²) >= 11 is 0. The number of amides is 2. The zero-order valence-corrected chi connectivity index (χ0v) is 12.9. The van der Waals surface area contributed by atoms with E-state index >= 15 is 0 Å². The highest BCUT2D eigenvalue weighted by atomic mass is 16.5. The number of rotatable bonds is 3. The third kappa shape index (κ3) is 2.73. The minimum atomic E-state index is -0.206. The molecular weight excluding hydrogens is 280 g/mol. The second-order valence-electron chi connectivity index (χ2n) is 6.19. The van der Waals surface area contributed by atoms with Crippen LogP contribution in [0.2, 0.25) is 0 Å². The van der Waals surface area contributed by atoms with E-state index in [1.165, 1.54) is 12.7 Å². The van der Waals surface area contributed by atoms with Crippen molar-refractivity contribution in [2.24, 2.45) is 0 Å². The Hall–Kier alpha value is -1.88. The predicted molar refractivity (Wildman–Crippen MR) is 82.4 cm³/mol. The summed E-state index contributed by atoms with van der Waals surface area (Å²) in [6, 6.07) is 10.2. The third-order valence-corrected chi connectivity index (χ3v) is 4.92. The largest absolute Gasteiger partial charge is 0.375 e. The number of likely N-dealkylation sites (tertiary alicyclic amines) is 1. The average Bonchev–Trinajstić information content (AvgIpc) is 2.85. The van der Waals surface area contributed by atoms with Crippen LogP contribution in [0.3, 0.4) is 0 Å². The van der Waals surface area contributed by atoms with Crippen LogP contribution in [0.15, 0.2) is 30.3 Å². The van der Waals surface area contributed by atoms with Gasteiger partial charge >= 0.3 is 0 Å². The smallest absolute Gasteiger partial charge is 0.248 e. The second-order valence-corrected chi connectivity index (χ2v) is 6.19. The van der Waals surface area contributed by atoms with Crippen LogP contribution in [-0.4, -0.2) is 49.1 Å². The lowest BCUT2D eigenvalue weighted by molar-refractivity contribution is -0.136. The molecule has 0 aliphatic carbocycles. The molecule has 3 rings (SSSR count). The molecule has 2 aliphatic rings. The van der Waals surface area contributed by atoms with Gasteiger partial charge in [-0.3, -0.25) is 9.59 Å². The molecule has 5 heteroatoms. The molecule has 118 valence electrons. The molecule has 1 aromatic rings. The molecule has 1 unspecified atom stereocenters. The Morgan fingerprint density at radius 1 is 1.32 bits per heavy atom. The lowest BCUT2D eigenvalue weighted by Gasteiger charge is -2.43. The van der Waals surface area contributed by atoms with Crippen molar-refractivity contribution in [3.63, 3.8) is 0 Å². The van der Waals surface area contributed by atoms with Gasteiger partial charge in [0.05, 0.1) is 5.54 Å². The number of carbonyl (C=O) groups is 2. The van der Waals surface area contributed by atoms with Gasteiger partial charge in [0.25, 0.3) is 0 Å². The molecular formula is C17H22N2O3. The first-order chi connectivity index (χ1) is 10.6. The molecule has 2 saturated heterocycles. The number of hydrogen-bond acceptors (Lipinski definition) is 3. The standard InChI is InChI=1S/C17H22N2O3/c1-22-12-16(21)19-9-7-17(8-10-19)14(11-15(20)18-17)13-5-3-2-4-6-13/h2-6,14H,7-12H2,1H3,(H,18,20). The van der Waals surface area contributed by atoms with Gasteiger partial charge in [0.15, 0.2) is 0 Å². The Balaban J connectivity index is 1.75. The lowest BCUT2D eigenvalue weighted by atomic mass is 9.74. The van der Waals surface area contributed by atoms with Crippen molar-refractivity contribution in [2.45, 2.75) is 30.7 Å². The van der Waals surface area contributed by atoms with Crippen LogP contribution < -0.4 is 5.32 Å². The van der Waals surface area contributed by atoms with E-state index in [1.54, 1.807) is 0 Å². The van der Waals surface area contributed by atoms with Gasteiger partial charge in [0, 0.05) is 32.5 Å². The molecule has 1 aromatic carbocycles. The fraction of sp³-hybridized carbons (Fsp3) is 0.529. The number of piperidine rings is 1. The summed E-state index contributed by atoms with van der Waals surface area (Å²) in [5.74, 6) is 0.337. The van der Waals surface area contributed by atoms with Gasteiger partial charge in [-0.1, -0.05) is 30.3 Å². The van der Waals surface area contributed by atoms with Crippen LogP contribution >= 0.6 is 0 Å². The van der Waals surface area contributed by atoms with Crippen molar-refractivity contribution in [3.8, 4) is 0 Å². The first kappa shape index (κ1) is 15.0. The summed E-state index contributed by atoms with van der Waals surface area (Å²) < 4.78 is 4.92. The first-order valence-corrected chi connectivity index (χ1v) is 7.77. The lowest BCUT2D eigenvalue weighted by Crippen LogP contribution is -2.54. The van der Waals surface area contributed by atoms with Gasteiger partial charge in [-0.25, -0.2) is 0 Å². The van der Waals surface area contributed by atoms with E-state index in [9.17, 15) is 9.59 Å². The van der Waals surface area contributed by atoms with Gasteiger partial charge in [-0.2, -0.15) is 0 Å². The molecule has 2 heterocycles. The molecule has 2 aliphatic heterocycles. The zero-order valence-electron chi connectivity index (χ0n) is 12.9. The van der Waals surface area contributed by atoms with Crippen LogP contribution in [0.4, 0.5) is 0 Å². The van der Waals surface area contributed by atoms with E-state index in [-0.39, 0.29) is 29.9 Å². The summed E-state index contributed by atoms with van der Waals surface area (Å²) in [4.78, 5) is 25.8. The van der Waals surface area contributed by atoms with E-state index in [2.05, 4.69) is 17.4 Å². The summed E-state index contributed by atoms with van der Waals surface area (Å²) in [5, 5.41) is 3.20. The normalized spacial score (nSPS) is 23.6. The van der Waals surface area contributed by atoms with Crippen LogP contribution in [0.25, 0.3) is 0 Å². The summed E-state index contributed by atoms with van der Waals surface area (Å²) in [7, 11) is 1.53. The minimum absolute atomic E-state index is 0.0259. The van der Waals surface area contributed by atoms with Gasteiger partial charge in [0.2, 0.25) is 11.8 Å². The van der Waals surface area contributed by atoms with E-state index in [0.717, 1.165) is 12.8 Å². The van der Waals surface area contributed by atoms with Gasteiger partial charge in [0.1, 0.15) is 6.61 Å². The van der Waals surface area contributed by atoms with E-state index in [4.69, 9.17) is 4.74 Å². The highest BCUT2D eigenvalue weighted by Gasteiger charge is 2.48. The number of carbonyl (C=O) groups excluding carboxylic acids is 2. The fourth-order valence-corrected chi connectivity index (χ4v) is 3.76. The Morgan fingerprint density at radius 2 is 2.00 bits per heavy atom. The molecule has 2 amide bonds. The van der Waals surface area contributed by atoms with Crippen molar-refractivity contribution in [1.29, 1.82) is 0 Å². The number of benzene rings is 1. The van der Waals surface area contributed by atoms with Crippen molar-refractivity contribution in [2.75, 3.05) is 26.8 Å². The molecule has 1 N–H and O–H groups in total. The molecule has 0 bridgehead atoms. The Kier molecular flexibility index (Phi) is 4.16. The maximum atomic E-state index is 12.0. The Bertz CT molecular complexity index is 550. The number of hydrogen-bond donors (Lipinski definition) is 1. The zero-order chi connectivity index (χ0) is 15.6. The summed E-state index contributed by atoms with van der Waals surface area (Å²) in [6.07, 6.45) is 2.14. The highest BCUT2D eigenvalue weighted by Crippen LogP contribution is 2.43. The third-order valence-electron chi connectivity index (χ3n) is 4.92. The first-order valence-electron chi connectivity index (χ1n) is 7.77. The van der Waals surface area contributed by atoms with E-state index < -0.39 is 0 Å². The number of ether oxygens (including phenoxy) is 1. The van der Waals surface area contributed by atoms with Gasteiger partial charge < -0.3 is 15.0 Å². The Labute approximate surface area is 130 Å². The minimum Gasteiger partial charge on any atom is -0.375 e. The van der Waals surface area contributed by atoms with Crippen molar-refractivity contribution in [1.82, 2.24) is 10.2 Å². The molecule has 5 nitrogen and oxygen atoms in total. The predicted octanol–water partition coefficient (Wildman–Crippen LogP) is 1.30. The fourth-order valence-electron chi connectivity index (χ4n) is 3.76. The molecule has 0 saturated carbocycles. The topological polar surface area (TPSA) is 58.6 Å². The van der Waals surface area contributed by atoms with E-state index in [0.29, 0.717) is 19.5 Å². The summed E-state index contributed by atoms with van der Waals surface area (Å²) in [6.45, 7) is 1.47. The highest BCUT2D eigenvalue weighted by molar-refractivity contribution is 5.82. The van der Waals surface area contributed by atoms with Crippen molar-refractivity contribution >= 4 is 11.8 Å². The average molecular weight is 302 g/mol.